The lowest BCUT2D eigenvalue weighted by atomic mass is 10.2. The Bertz CT molecular complexity index is 505. The minimum absolute atomic E-state index is 0.492. The highest BCUT2D eigenvalue weighted by Crippen LogP contribution is 2.29. The zero-order valence-corrected chi connectivity index (χ0v) is 11.2. The summed E-state index contributed by atoms with van der Waals surface area (Å²) in [4.78, 5) is 8.12. The number of aryl methyl sites for hydroxylation is 1. The maximum Gasteiger partial charge on any atom is 0.138 e. The van der Waals surface area contributed by atoms with E-state index in [1.54, 1.807) is 0 Å². The Morgan fingerprint density at radius 3 is 2.76 bits per heavy atom. The van der Waals surface area contributed by atoms with E-state index in [1.807, 2.05) is 32.0 Å². The van der Waals surface area contributed by atoms with Gasteiger partial charge in [0.15, 0.2) is 0 Å². The van der Waals surface area contributed by atoms with Crippen LogP contribution in [0.3, 0.4) is 0 Å². The largest absolute Gasteiger partial charge is 0.383 e. The number of hydrogen-bond acceptors (Lipinski definition) is 4. The van der Waals surface area contributed by atoms with Gasteiger partial charge < -0.3 is 11.1 Å². The molecule has 3 N–H and O–H groups in total. The molecule has 0 saturated heterocycles. The third-order valence-electron chi connectivity index (χ3n) is 2.57. The summed E-state index contributed by atoms with van der Waals surface area (Å²) >= 11 is 3.54. The van der Waals surface area contributed by atoms with Gasteiger partial charge in [0.1, 0.15) is 18.0 Å². The first-order valence-corrected chi connectivity index (χ1v) is 5.98. The molecule has 2 aromatic rings. The van der Waals surface area contributed by atoms with Crippen LogP contribution in [0.15, 0.2) is 29.0 Å². The number of nitrogens with two attached hydrogens (primary N) is 1. The summed E-state index contributed by atoms with van der Waals surface area (Å²) in [5.74, 6) is 1.22. The molecule has 5 heteroatoms. The first-order chi connectivity index (χ1) is 8.09. The average Bonchev–Trinajstić information content (AvgIpc) is 2.31. The van der Waals surface area contributed by atoms with Gasteiger partial charge in [0.2, 0.25) is 0 Å². The van der Waals surface area contributed by atoms with Crippen LogP contribution in [0.4, 0.5) is 17.3 Å². The lowest BCUT2D eigenvalue weighted by molar-refractivity contribution is 1.14. The Balaban J connectivity index is 2.38. The average molecular weight is 293 g/mol. The zero-order valence-electron chi connectivity index (χ0n) is 9.66. The number of nitrogens with one attached hydrogen (secondary N) is 1. The van der Waals surface area contributed by atoms with Crippen molar-refractivity contribution in [2.24, 2.45) is 0 Å². The zero-order chi connectivity index (χ0) is 12.4. The molecule has 0 radical (unpaired) electrons. The first-order valence-electron chi connectivity index (χ1n) is 5.19. The van der Waals surface area contributed by atoms with E-state index in [1.165, 1.54) is 6.33 Å². The second kappa shape index (κ2) is 4.71. The Morgan fingerprint density at radius 1 is 1.24 bits per heavy atom. The third kappa shape index (κ3) is 2.39. The number of hydrogen-bond donors (Lipinski definition) is 2. The fourth-order valence-electron chi connectivity index (χ4n) is 1.46. The summed E-state index contributed by atoms with van der Waals surface area (Å²) in [6, 6.07) is 6.01. The molecular formula is C12H13BrN4. The predicted molar refractivity (Wildman–Crippen MR) is 73.3 cm³/mol. The molecule has 1 heterocycles. The Labute approximate surface area is 108 Å². The smallest absolute Gasteiger partial charge is 0.138 e. The maximum atomic E-state index is 5.74. The standard InChI is InChI=1S/C12H13BrN4/c1-7-4-3-5-9(10(7)13)17-12-8(2)11(14)15-6-16-12/h3-6H,1-2H3,(H3,14,15,16,17). The molecule has 0 spiro atoms. The number of rotatable bonds is 2. The van der Waals surface area contributed by atoms with Gasteiger partial charge in [-0.1, -0.05) is 12.1 Å². The van der Waals surface area contributed by atoms with Crippen LogP contribution >= 0.6 is 15.9 Å². The van der Waals surface area contributed by atoms with E-state index in [2.05, 4.69) is 31.2 Å². The molecule has 88 valence electrons. The SMILES string of the molecule is Cc1cccc(Nc2ncnc(N)c2C)c1Br. The van der Waals surface area contributed by atoms with Crippen LogP contribution in [0.2, 0.25) is 0 Å². The van der Waals surface area contributed by atoms with E-state index in [4.69, 9.17) is 5.73 Å². The topological polar surface area (TPSA) is 63.8 Å². The van der Waals surface area contributed by atoms with Gasteiger partial charge in [-0.05, 0) is 41.4 Å². The van der Waals surface area contributed by atoms with Gasteiger partial charge in [-0.3, -0.25) is 0 Å². The second-order valence-electron chi connectivity index (χ2n) is 3.79. The fourth-order valence-corrected chi connectivity index (χ4v) is 1.82. The first kappa shape index (κ1) is 11.9. The van der Waals surface area contributed by atoms with Crippen molar-refractivity contribution in [3.63, 3.8) is 0 Å². The molecule has 0 fully saturated rings. The van der Waals surface area contributed by atoms with Crippen molar-refractivity contribution in [1.82, 2.24) is 9.97 Å². The molecule has 0 aliphatic carbocycles. The highest BCUT2D eigenvalue weighted by molar-refractivity contribution is 9.10. The summed E-state index contributed by atoms with van der Waals surface area (Å²) in [5, 5.41) is 3.24. The van der Waals surface area contributed by atoms with Crippen LogP contribution in [-0.4, -0.2) is 9.97 Å². The van der Waals surface area contributed by atoms with Crippen LogP contribution in [0, 0.1) is 13.8 Å². The fraction of sp³-hybridized carbons (Fsp3) is 0.167. The summed E-state index contributed by atoms with van der Waals surface area (Å²) in [6.45, 7) is 3.93. The number of nitrogen functional groups attached to an aromatic ring is 1. The summed E-state index contributed by atoms with van der Waals surface area (Å²) in [5.41, 5.74) is 8.71. The molecule has 0 unspecified atom stereocenters. The quantitative estimate of drug-likeness (QED) is 0.892. The minimum atomic E-state index is 0.492. The van der Waals surface area contributed by atoms with Crippen molar-refractivity contribution in [3.8, 4) is 0 Å². The number of anilines is 3. The molecule has 0 atom stereocenters. The summed E-state index contributed by atoms with van der Waals surface area (Å²) < 4.78 is 1.02. The van der Waals surface area contributed by atoms with Crippen LogP contribution < -0.4 is 11.1 Å². The Kier molecular flexibility index (Phi) is 3.28. The number of benzene rings is 1. The monoisotopic (exact) mass is 292 g/mol. The lowest BCUT2D eigenvalue weighted by Crippen LogP contribution is -2.02. The number of nitrogens with zero attached hydrogens (tertiary/aromatic N) is 2. The van der Waals surface area contributed by atoms with Gasteiger partial charge in [-0.25, -0.2) is 9.97 Å². The van der Waals surface area contributed by atoms with Crippen LogP contribution in [0.25, 0.3) is 0 Å². The molecule has 4 nitrogen and oxygen atoms in total. The highest BCUT2D eigenvalue weighted by Gasteiger charge is 2.07. The van der Waals surface area contributed by atoms with Gasteiger partial charge >= 0.3 is 0 Å². The Hall–Kier alpha value is -1.62. The van der Waals surface area contributed by atoms with Gasteiger partial charge in [-0.15, -0.1) is 0 Å². The predicted octanol–water partition coefficient (Wildman–Crippen LogP) is 3.18. The normalized spacial score (nSPS) is 10.3. The van der Waals surface area contributed by atoms with Crippen molar-refractivity contribution in [1.29, 1.82) is 0 Å². The van der Waals surface area contributed by atoms with E-state index in [9.17, 15) is 0 Å². The molecule has 0 aliphatic heterocycles. The lowest BCUT2D eigenvalue weighted by Gasteiger charge is -2.11. The second-order valence-corrected chi connectivity index (χ2v) is 4.59. The van der Waals surface area contributed by atoms with E-state index in [-0.39, 0.29) is 0 Å². The minimum Gasteiger partial charge on any atom is -0.383 e. The Morgan fingerprint density at radius 2 is 2.00 bits per heavy atom. The molecule has 0 saturated carbocycles. The molecule has 17 heavy (non-hydrogen) atoms. The molecular weight excluding hydrogens is 280 g/mol. The van der Waals surface area contributed by atoms with Gasteiger partial charge in [0.25, 0.3) is 0 Å². The molecule has 2 rings (SSSR count). The van der Waals surface area contributed by atoms with E-state index < -0.39 is 0 Å². The van der Waals surface area contributed by atoms with Gasteiger partial charge in [0.05, 0.1) is 5.69 Å². The van der Waals surface area contributed by atoms with Crippen molar-refractivity contribution >= 4 is 33.3 Å². The molecule has 0 aliphatic rings. The molecule has 0 amide bonds. The molecule has 0 bridgehead atoms. The number of halogens is 1. The van der Waals surface area contributed by atoms with Crippen molar-refractivity contribution in [2.75, 3.05) is 11.1 Å². The van der Waals surface area contributed by atoms with Crippen molar-refractivity contribution in [2.45, 2.75) is 13.8 Å². The third-order valence-corrected chi connectivity index (χ3v) is 3.62. The highest BCUT2D eigenvalue weighted by atomic mass is 79.9. The molecule has 1 aromatic carbocycles. The summed E-state index contributed by atoms with van der Waals surface area (Å²) in [6.07, 6.45) is 1.45. The molecule has 1 aromatic heterocycles. The van der Waals surface area contributed by atoms with Gasteiger partial charge in [0, 0.05) is 10.0 Å². The van der Waals surface area contributed by atoms with Gasteiger partial charge in [-0.2, -0.15) is 0 Å². The maximum absolute atomic E-state index is 5.74. The van der Waals surface area contributed by atoms with E-state index >= 15 is 0 Å². The van der Waals surface area contributed by atoms with Crippen molar-refractivity contribution < 1.29 is 0 Å². The van der Waals surface area contributed by atoms with Crippen molar-refractivity contribution in [3.05, 3.63) is 40.1 Å². The number of aromatic nitrogens is 2. The van der Waals surface area contributed by atoms with E-state index in [0.717, 1.165) is 27.1 Å². The van der Waals surface area contributed by atoms with Crippen LogP contribution in [0.1, 0.15) is 11.1 Å². The van der Waals surface area contributed by atoms with Crippen LogP contribution in [0.5, 0.6) is 0 Å². The van der Waals surface area contributed by atoms with E-state index in [0.29, 0.717) is 5.82 Å². The summed E-state index contributed by atoms with van der Waals surface area (Å²) in [7, 11) is 0. The van der Waals surface area contributed by atoms with Crippen LogP contribution in [-0.2, 0) is 0 Å².